The molecule has 0 aliphatic carbocycles. The minimum atomic E-state index is -1.57. The zero-order valence-electron chi connectivity index (χ0n) is 27.4. The monoisotopic (exact) mass is 680 g/mol. The molecule has 3 heterocycles. The Morgan fingerprint density at radius 2 is 1.80 bits per heavy atom. The van der Waals surface area contributed by atoms with Crippen LogP contribution in [0.5, 0.6) is 0 Å². The van der Waals surface area contributed by atoms with Gasteiger partial charge in [0.2, 0.25) is 5.91 Å². The maximum atomic E-state index is 15.1. The van der Waals surface area contributed by atoms with Gasteiger partial charge in [0.1, 0.15) is 35.8 Å². The molecule has 0 radical (unpaired) electrons. The fourth-order valence-corrected chi connectivity index (χ4v) is 6.21. The molecule has 2 aliphatic rings. The number of nitrogens with zero attached hydrogens (tertiary/aromatic N) is 4. The third-order valence-corrected chi connectivity index (χ3v) is 8.88. The summed E-state index contributed by atoms with van der Waals surface area (Å²) < 4.78 is 46.2. The first-order valence-corrected chi connectivity index (χ1v) is 16.0. The van der Waals surface area contributed by atoms with Gasteiger partial charge >= 0.3 is 0 Å². The number of aromatic nitrogens is 2. The molecule has 14 heteroatoms. The Bertz CT molecular complexity index is 1730. The number of benzene rings is 2. The van der Waals surface area contributed by atoms with Gasteiger partial charge in [-0.15, -0.1) is 0 Å². The molecule has 4 atom stereocenters. The molecule has 5 rings (SSSR count). The van der Waals surface area contributed by atoms with Gasteiger partial charge in [-0.25, -0.2) is 18.2 Å². The van der Waals surface area contributed by atoms with Crippen molar-refractivity contribution >= 4 is 23.6 Å². The molecule has 3 aromatic rings. The van der Waals surface area contributed by atoms with Crippen LogP contribution >= 0.6 is 0 Å². The molecule has 4 amide bonds. The number of amides is 4. The van der Waals surface area contributed by atoms with Crippen molar-refractivity contribution in [2.24, 2.45) is 11.3 Å². The van der Waals surface area contributed by atoms with Gasteiger partial charge in [-0.2, -0.15) is 0 Å². The van der Waals surface area contributed by atoms with E-state index in [0.717, 1.165) is 40.8 Å². The Morgan fingerprint density at radius 1 is 1.10 bits per heavy atom. The highest BCUT2D eigenvalue weighted by atomic mass is 19.1. The Kier molecular flexibility index (Phi) is 10.7. The number of alkyl halides is 1. The molecular formula is C35H39F3N6O5. The number of aliphatic hydroxyl groups excluding tert-OH is 1. The van der Waals surface area contributed by atoms with Gasteiger partial charge in [0.25, 0.3) is 17.7 Å². The Morgan fingerprint density at radius 3 is 2.43 bits per heavy atom. The van der Waals surface area contributed by atoms with E-state index in [0.29, 0.717) is 0 Å². The summed E-state index contributed by atoms with van der Waals surface area (Å²) in [5.74, 6) is -4.48. The first kappa shape index (κ1) is 35.5. The van der Waals surface area contributed by atoms with Crippen LogP contribution in [0.15, 0.2) is 66.9 Å². The van der Waals surface area contributed by atoms with Gasteiger partial charge in [-0.1, -0.05) is 30.3 Å². The predicted molar refractivity (Wildman–Crippen MR) is 173 cm³/mol. The molecule has 0 bridgehead atoms. The van der Waals surface area contributed by atoms with Crippen LogP contribution in [0.25, 0.3) is 11.3 Å². The summed E-state index contributed by atoms with van der Waals surface area (Å²) in [4.78, 5) is 59.1. The number of imide groups is 1. The molecular weight excluding hydrogens is 641 g/mol. The second-order valence-corrected chi connectivity index (χ2v) is 12.9. The lowest BCUT2D eigenvalue weighted by Crippen LogP contribution is -2.54. The standard InChI is InChI=1S/C35H39F3N6O5/c1-21(45)33(48)44(19-23-16-39-17-27(23)38)31(35(2,3)34(49)40-13-14-43-29(46)11-12-30(43)47)32-41-28(25-15-24(36)9-10-26(25)37)20-42(32)18-22-7-5-4-6-8-22/h4-12,15,20-21,23,27,31,39,45H,13-14,16-19H2,1-3H3,(H,40,49)/t21-,23-,27?,31-/m0/s1. The van der Waals surface area contributed by atoms with Crippen molar-refractivity contribution in [1.82, 2.24) is 30.0 Å². The lowest BCUT2D eigenvalue weighted by molar-refractivity contribution is -0.150. The highest BCUT2D eigenvalue weighted by Gasteiger charge is 2.48. The second-order valence-electron chi connectivity index (χ2n) is 12.9. The van der Waals surface area contributed by atoms with E-state index in [2.05, 4.69) is 10.6 Å². The first-order valence-electron chi connectivity index (χ1n) is 16.0. The average Bonchev–Trinajstić information content (AvgIpc) is 3.76. The van der Waals surface area contributed by atoms with E-state index in [-0.39, 0.29) is 56.4 Å². The van der Waals surface area contributed by atoms with E-state index in [1.165, 1.54) is 18.0 Å². The normalized spacial score (nSPS) is 19.0. The van der Waals surface area contributed by atoms with Gasteiger partial charge in [-0.3, -0.25) is 24.1 Å². The molecule has 2 aliphatic heterocycles. The lowest BCUT2D eigenvalue weighted by Gasteiger charge is -2.42. The van der Waals surface area contributed by atoms with Crippen molar-refractivity contribution < 1.29 is 37.5 Å². The van der Waals surface area contributed by atoms with Gasteiger partial charge in [0.05, 0.1) is 11.1 Å². The summed E-state index contributed by atoms with van der Waals surface area (Å²) in [6, 6.07) is 10.8. The summed E-state index contributed by atoms with van der Waals surface area (Å²) in [7, 11) is 0. The fraction of sp³-hybridized carbons (Fsp3) is 0.400. The van der Waals surface area contributed by atoms with Crippen LogP contribution in [-0.4, -0.2) is 93.1 Å². The van der Waals surface area contributed by atoms with Crippen molar-refractivity contribution in [3.63, 3.8) is 0 Å². The van der Waals surface area contributed by atoms with Crippen molar-refractivity contribution in [2.45, 2.75) is 45.6 Å². The molecule has 1 fully saturated rings. The van der Waals surface area contributed by atoms with Crippen LogP contribution < -0.4 is 10.6 Å². The number of aliphatic hydroxyl groups is 1. The SMILES string of the molecule is C[C@H](O)C(=O)N(C[C@@H]1CNCC1F)[C@@H](c1nc(-c2cc(F)ccc2F)cn1Cc1ccccc1)C(C)(C)C(=O)NCCN1C(=O)C=CC1=O. The number of hydrogen-bond donors (Lipinski definition) is 3. The third-order valence-electron chi connectivity index (χ3n) is 8.88. The van der Waals surface area contributed by atoms with Crippen LogP contribution in [0.3, 0.4) is 0 Å². The summed E-state index contributed by atoms with van der Waals surface area (Å²) in [5.41, 5.74) is -0.908. The molecule has 1 saturated heterocycles. The van der Waals surface area contributed by atoms with Gasteiger partial charge < -0.3 is 25.2 Å². The van der Waals surface area contributed by atoms with Crippen molar-refractivity contribution in [3.8, 4) is 11.3 Å². The van der Waals surface area contributed by atoms with Crippen LogP contribution in [-0.2, 0) is 25.7 Å². The maximum absolute atomic E-state index is 15.1. The summed E-state index contributed by atoms with van der Waals surface area (Å²) >= 11 is 0. The highest BCUT2D eigenvalue weighted by molar-refractivity contribution is 6.12. The number of carbonyl (C=O) groups is 4. The minimum Gasteiger partial charge on any atom is -0.384 e. The molecule has 260 valence electrons. The summed E-state index contributed by atoms with van der Waals surface area (Å²) in [5, 5.41) is 16.3. The lowest BCUT2D eigenvalue weighted by atomic mass is 9.80. The number of halogens is 3. The van der Waals surface area contributed by atoms with E-state index in [1.807, 2.05) is 30.3 Å². The molecule has 2 aromatic carbocycles. The molecule has 1 aromatic heterocycles. The molecule has 0 saturated carbocycles. The maximum Gasteiger partial charge on any atom is 0.253 e. The zero-order chi connectivity index (χ0) is 35.5. The predicted octanol–water partition coefficient (Wildman–Crippen LogP) is 2.75. The number of rotatable bonds is 13. The minimum absolute atomic E-state index is 0.0260. The van der Waals surface area contributed by atoms with Crippen molar-refractivity contribution in [3.05, 3.63) is 89.9 Å². The van der Waals surface area contributed by atoms with E-state index >= 15 is 8.78 Å². The zero-order valence-corrected chi connectivity index (χ0v) is 27.4. The average molecular weight is 681 g/mol. The molecule has 3 N–H and O–H groups in total. The topological polar surface area (TPSA) is 137 Å². The number of nitrogens with one attached hydrogen (secondary N) is 2. The van der Waals surface area contributed by atoms with Crippen molar-refractivity contribution in [2.75, 3.05) is 32.7 Å². The molecule has 49 heavy (non-hydrogen) atoms. The molecule has 11 nitrogen and oxygen atoms in total. The number of hydrogen-bond acceptors (Lipinski definition) is 7. The van der Waals surface area contributed by atoms with E-state index in [4.69, 9.17) is 4.98 Å². The van der Waals surface area contributed by atoms with Crippen LogP contribution in [0, 0.1) is 23.0 Å². The van der Waals surface area contributed by atoms with Gasteiger partial charge in [0.15, 0.2) is 0 Å². The highest BCUT2D eigenvalue weighted by Crippen LogP contribution is 2.41. The Labute approximate surface area is 281 Å². The number of imidazole rings is 1. The number of carbonyl (C=O) groups excluding carboxylic acids is 4. The van der Waals surface area contributed by atoms with Crippen molar-refractivity contribution in [1.29, 1.82) is 0 Å². The quantitative estimate of drug-likeness (QED) is 0.236. The smallest absolute Gasteiger partial charge is 0.253 e. The van der Waals surface area contributed by atoms with Crippen LogP contribution in [0.4, 0.5) is 13.2 Å². The Balaban J connectivity index is 1.63. The first-order chi connectivity index (χ1) is 23.3. The van der Waals surface area contributed by atoms with Crippen LogP contribution in [0.2, 0.25) is 0 Å². The van der Waals surface area contributed by atoms with E-state index < -0.39 is 64.9 Å². The summed E-state index contributed by atoms with van der Waals surface area (Å²) in [6.45, 7) is 4.36. The van der Waals surface area contributed by atoms with E-state index in [9.17, 15) is 28.7 Å². The third kappa shape index (κ3) is 7.75. The molecule has 0 spiro atoms. The summed E-state index contributed by atoms with van der Waals surface area (Å²) in [6.07, 6.45) is 0.883. The second kappa shape index (κ2) is 14.7. The van der Waals surface area contributed by atoms with Crippen LogP contribution in [0.1, 0.15) is 38.2 Å². The molecule has 1 unspecified atom stereocenters. The van der Waals surface area contributed by atoms with E-state index in [1.54, 1.807) is 18.4 Å². The van der Waals surface area contributed by atoms with Gasteiger partial charge in [0, 0.05) is 69.1 Å². The fourth-order valence-electron chi connectivity index (χ4n) is 6.21. The Hall–Kier alpha value is -4.82. The van der Waals surface area contributed by atoms with Gasteiger partial charge in [-0.05, 0) is 44.5 Å². The largest absolute Gasteiger partial charge is 0.384 e.